The van der Waals surface area contributed by atoms with E-state index < -0.39 is 5.82 Å². The average molecular weight is 218 g/mol. The number of hydrogen-bond acceptors (Lipinski definition) is 2. The van der Waals surface area contributed by atoms with Crippen LogP contribution in [0.3, 0.4) is 0 Å². The highest BCUT2D eigenvalue weighted by Crippen LogP contribution is 2.32. The van der Waals surface area contributed by atoms with Crippen molar-refractivity contribution in [2.45, 2.75) is 19.3 Å². The van der Waals surface area contributed by atoms with Crippen LogP contribution in [0.1, 0.15) is 24.8 Å². The molecular weight excluding hydrogens is 205 g/mol. The van der Waals surface area contributed by atoms with Crippen LogP contribution < -0.4 is 5.73 Å². The topological polar surface area (TPSA) is 46.2 Å². The fourth-order valence-corrected chi connectivity index (χ4v) is 1.51. The fourth-order valence-electron chi connectivity index (χ4n) is 1.34. The molecule has 0 radical (unpaired) electrons. The third kappa shape index (κ3) is 2.16. The van der Waals surface area contributed by atoms with Gasteiger partial charge in [0.25, 0.3) is 0 Å². The Bertz CT molecular complexity index is 330. The maximum absolute atomic E-state index is 13.5. The molecule has 1 aromatic rings. The summed E-state index contributed by atoms with van der Waals surface area (Å²) in [6.07, 6.45) is 0.692. The lowest BCUT2D eigenvalue weighted by Crippen LogP contribution is -2.06. The molecule has 0 fully saturated rings. The minimum atomic E-state index is -0.549. The molecule has 0 saturated heterocycles. The molecule has 0 heterocycles. The van der Waals surface area contributed by atoms with Crippen LogP contribution in [0.25, 0.3) is 0 Å². The predicted molar refractivity (Wildman–Crippen MR) is 55.2 cm³/mol. The van der Waals surface area contributed by atoms with Crippen LogP contribution >= 0.6 is 11.6 Å². The highest BCUT2D eigenvalue weighted by atomic mass is 35.5. The zero-order valence-electron chi connectivity index (χ0n) is 7.93. The molecule has 0 aliphatic rings. The second kappa shape index (κ2) is 4.62. The molecule has 0 aliphatic carbocycles. The van der Waals surface area contributed by atoms with Crippen LogP contribution in [0, 0.1) is 5.82 Å². The van der Waals surface area contributed by atoms with Gasteiger partial charge in [0, 0.05) is 0 Å². The van der Waals surface area contributed by atoms with Gasteiger partial charge in [0.15, 0.2) is 0 Å². The van der Waals surface area contributed by atoms with Gasteiger partial charge >= 0.3 is 0 Å². The Balaban J connectivity index is 3.04. The Hall–Kier alpha value is -0.800. The second-order valence-corrected chi connectivity index (χ2v) is 3.66. The summed E-state index contributed by atoms with van der Waals surface area (Å²) in [4.78, 5) is 0. The zero-order valence-corrected chi connectivity index (χ0v) is 8.68. The van der Waals surface area contributed by atoms with Crippen molar-refractivity contribution >= 4 is 11.6 Å². The summed E-state index contributed by atoms with van der Waals surface area (Å²) in [5, 5.41) is 8.92. The van der Waals surface area contributed by atoms with Gasteiger partial charge in [-0.3, -0.25) is 0 Å². The molecule has 3 N–H and O–H groups in total. The Morgan fingerprint density at radius 1 is 1.57 bits per heavy atom. The van der Waals surface area contributed by atoms with Gasteiger partial charge in [-0.2, -0.15) is 0 Å². The van der Waals surface area contributed by atoms with Crippen molar-refractivity contribution in [3.05, 3.63) is 28.5 Å². The molecule has 0 bridgehead atoms. The van der Waals surface area contributed by atoms with Gasteiger partial charge in [-0.05, 0) is 30.5 Å². The van der Waals surface area contributed by atoms with Gasteiger partial charge in [-0.15, -0.1) is 0 Å². The van der Waals surface area contributed by atoms with Crippen LogP contribution in [0.5, 0.6) is 5.75 Å². The fraction of sp³-hybridized carbons (Fsp3) is 0.400. The smallest absolute Gasteiger partial charge is 0.149 e. The summed E-state index contributed by atoms with van der Waals surface area (Å²) in [7, 11) is 0. The van der Waals surface area contributed by atoms with E-state index in [1.54, 1.807) is 0 Å². The number of hydrogen-bond donors (Lipinski definition) is 2. The van der Waals surface area contributed by atoms with Crippen molar-refractivity contribution in [2.75, 3.05) is 6.54 Å². The molecular formula is C10H13ClFNO. The normalized spacial score (nSPS) is 12.9. The van der Waals surface area contributed by atoms with Gasteiger partial charge in [-0.25, -0.2) is 4.39 Å². The lowest BCUT2D eigenvalue weighted by molar-refractivity contribution is 0.466. The molecule has 0 aromatic heterocycles. The molecule has 0 saturated carbocycles. The van der Waals surface area contributed by atoms with Crippen molar-refractivity contribution in [3.63, 3.8) is 0 Å². The highest BCUT2D eigenvalue weighted by molar-refractivity contribution is 6.32. The molecule has 0 amide bonds. The van der Waals surface area contributed by atoms with Crippen LogP contribution in [0.4, 0.5) is 4.39 Å². The van der Waals surface area contributed by atoms with Crippen molar-refractivity contribution in [1.29, 1.82) is 0 Å². The SMILES string of the molecule is CC(CCN)c1ccc(O)c(Cl)c1F. The first-order valence-corrected chi connectivity index (χ1v) is 4.82. The Labute approximate surface area is 87.5 Å². The monoisotopic (exact) mass is 217 g/mol. The molecule has 78 valence electrons. The number of aromatic hydroxyl groups is 1. The molecule has 1 aromatic carbocycles. The number of halogens is 2. The van der Waals surface area contributed by atoms with Crippen LogP contribution in [-0.4, -0.2) is 11.7 Å². The minimum absolute atomic E-state index is 0.0121. The van der Waals surface area contributed by atoms with E-state index in [2.05, 4.69) is 0 Å². The van der Waals surface area contributed by atoms with Gasteiger partial charge in [-0.1, -0.05) is 24.6 Å². The summed E-state index contributed by atoms with van der Waals surface area (Å²) in [5.74, 6) is -0.765. The van der Waals surface area contributed by atoms with E-state index in [0.29, 0.717) is 18.5 Å². The lowest BCUT2D eigenvalue weighted by atomic mass is 9.97. The number of phenolic OH excluding ortho intramolecular Hbond substituents is 1. The second-order valence-electron chi connectivity index (χ2n) is 3.28. The minimum Gasteiger partial charge on any atom is -0.506 e. The number of nitrogens with two attached hydrogens (primary N) is 1. The first-order valence-electron chi connectivity index (χ1n) is 4.44. The Morgan fingerprint density at radius 3 is 2.79 bits per heavy atom. The molecule has 1 unspecified atom stereocenters. The van der Waals surface area contributed by atoms with Crippen molar-refractivity contribution in [2.24, 2.45) is 5.73 Å². The van der Waals surface area contributed by atoms with E-state index in [0.717, 1.165) is 0 Å². The summed E-state index contributed by atoms with van der Waals surface area (Å²) >= 11 is 5.57. The van der Waals surface area contributed by atoms with Gasteiger partial charge in [0.05, 0.1) is 0 Å². The molecule has 1 rings (SSSR count). The van der Waals surface area contributed by atoms with E-state index in [9.17, 15) is 4.39 Å². The Morgan fingerprint density at radius 2 is 2.21 bits per heavy atom. The predicted octanol–water partition coefficient (Wildman–Crippen LogP) is 2.64. The maximum atomic E-state index is 13.5. The van der Waals surface area contributed by atoms with Crippen molar-refractivity contribution < 1.29 is 9.50 Å². The van der Waals surface area contributed by atoms with Crippen LogP contribution in [0.15, 0.2) is 12.1 Å². The lowest BCUT2D eigenvalue weighted by Gasteiger charge is -2.12. The molecule has 0 spiro atoms. The molecule has 1 atom stereocenters. The third-order valence-corrected chi connectivity index (χ3v) is 2.58. The first-order chi connectivity index (χ1) is 6.57. The molecule has 2 nitrogen and oxygen atoms in total. The molecule has 14 heavy (non-hydrogen) atoms. The summed E-state index contributed by atoms with van der Waals surface area (Å²) in [6.45, 7) is 2.37. The van der Waals surface area contributed by atoms with E-state index in [4.69, 9.17) is 22.4 Å². The molecule has 0 aliphatic heterocycles. The van der Waals surface area contributed by atoms with Crippen LogP contribution in [0.2, 0.25) is 5.02 Å². The summed E-state index contributed by atoms with van der Waals surface area (Å²) < 4.78 is 13.5. The quantitative estimate of drug-likeness (QED) is 0.818. The van der Waals surface area contributed by atoms with E-state index in [1.807, 2.05) is 6.92 Å². The van der Waals surface area contributed by atoms with E-state index in [1.165, 1.54) is 12.1 Å². The third-order valence-electron chi connectivity index (χ3n) is 2.22. The van der Waals surface area contributed by atoms with Crippen molar-refractivity contribution in [1.82, 2.24) is 0 Å². The standard InChI is InChI=1S/C10H13ClFNO/c1-6(4-5-13)7-2-3-8(14)9(11)10(7)12/h2-3,6,14H,4-5,13H2,1H3. The zero-order chi connectivity index (χ0) is 10.7. The van der Waals surface area contributed by atoms with Crippen LogP contribution in [-0.2, 0) is 0 Å². The average Bonchev–Trinajstić information content (AvgIpc) is 2.15. The number of rotatable bonds is 3. The summed E-state index contributed by atoms with van der Waals surface area (Å²) in [6, 6.07) is 2.94. The molecule has 4 heteroatoms. The summed E-state index contributed by atoms with van der Waals surface area (Å²) in [5.41, 5.74) is 5.88. The maximum Gasteiger partial charge on any atom is 0.149 e. The van der Waals surface area contributed by atoms with E-state index in [-0.39, 0.29) is 16.7 Å². The van der Waals surface area contributed by atoms with E-state index >= 15 is 0 Å². The van der Waals surface area contributed by atoms with Gasteiger partial charge in [0.2, 0.25) is 0 Å². The highest BCUT2D eigenvalue weighted by Gasteiger charge is 2.15. The van der Waals surface area contributed by atoms with Crippen molar-refractivity contribution in [3.8, 4) is 5.75 Å². The largest absolute Gasteiger partial charge is 0.506 e. The van der Waals surface area contributed by atoms with Gasteiger partial charge < -0.3 is 10.8 Å². The van der Waals surface area contributed by atoms with Gasteiger partial charge in [0.1, 0.15) is 16.6 Å². The first kappa shape index (κ1) is 11.3. The number of benzene rings is 1. The Kier molecular flexibility index (Phi) is 3.72. The number of phenols is 1.